The second-order valence-electron chi connectivity index (χ2n) is 6.65. The Kier molecular flexibility index (Phi) is 12.7. The fourth-order valence-corrected chi connectivity index (χ4v) is 2.84. The average Bonchev–Trinajstić information content (AvgIpc) is 2.65. The number of nitrogens with zero attached hydrogens (tertiary/aromatic N) is 1. The van der Waals surface area contributed by atoms with Crippen LogP contribution in [0.5, 0.6) is 0 Å². The molecule has 0 unspecified atom stereocenters. The highest BCUT2D eigenvalue weighted by molar-refractivity contribution is 14.0. The maximum absolute atomic E-state index is 5.78. The van der Waals surface area contributed by atoms with E-state index in [1.54, 1.807) is 0 Å². The molecule has 0 spiro atoms. The summed E-state index contributed by atoms with van der Waals surface area (Å²) in [6.45, 7) is 7.31. The first-order valence-corrected chi connectivity index (χ1v) is 9.43. The van der Waals surface area contributed by atoms with Crippen molar-refractivity contribution in [2.24, 2.45) is 10.9 Å². The van der Waals surface area contributed by atoms with Crippen molar-refractivity contribution in [3.05, 3.63) is 35.4 Å². The molecule has 5 nitrogen and oxygen atoms in total. The summed E-state index contributed by atoms with van der Waals surface area (Å²) < 4.78 is 11.1. The van der Waals surface area contributed by atoms with Crippen LogP contribution in [0.25, 0.3) is 0 Å². The Morgan fingerprint density at radius 3 is 2.54 bits per heavy atom. The number of hydrogen-bond donors (Lipinski definition) is 2. The minimum absolute atomic E-state index is 0. The summed E-state index contributed by atoms with van der Waals surface area (Å²) in [6.07, 6.45) is 4.25. The number of rotatable bonds is 9. The van der Waals surface area contributed by atoms with E-state index >= 15 is 0 Å². The van der Waals surface area contributed by atoms with Crippen LogP contribution in [0.4, 0.5) is 0 Å². The lowest BCUT2D eigenvalue weighted by Crippen LogP contribution is -2.39. The first-order chi connectivity index (χ1) is 12.3. The van der Waals surface area contributed by atoms with Crippen LogP contribution in [-0.2, 0) is 15.9 Å². The molecule has 0 bridgehead atoms. The van der Waals surface area contributed by atoms with Gasteiger partial charge in [0.1, 0.15) is 0 Å². The number of nitrogens with one attached hydrogen (secondary N) is 2. The summed E-state index contributed by atoms with van der Waals surface area (Å²) in [5.74, 6) is 1.54. The molecule has 0 atom stereocenters. The highest BCUT2D eigenvalue weighted by Crippen LogP contribution is 2.14. The van der Waals surface area contributed by atoms with Gasteiger partial charge in [-0.2, -0.15) is 0 Å². The number of ether oxygens (including phenoxy) is 2. The molecule has 0 amide bonds. The minimum atomic E-state index is 0. The normalized spacial score (nSPS) is 15.4. The number of hydrogen-bond acceptors (Lipinski definition) is 3. The quantitative estimate of drug-likeness (QED) is 0.250. The molecule has 2 rings (SSSR count). The zero-order valence-electron chi connectivity index (χ0n) is 16.1. The molecule has 1 aromatic rings. The third-order valence-corrected chi connectivity index (χ3v) is 4.50. The van der Waals surface area contributed by atoms with E-state index in [4.69, 9.17) is 9.47 Å². The fraction of sp³-hybridized carbons (Fsp3) is 0.650. The lowest BCUT2D eigenvalue weighted by molar-refractivity contribution is 0.0203. The van der Waals surface area contributed by atoms with E-state index in [-0.39, 0.29) is 24.0 Å². The topological polar surface area (TPSA) is 54.9 Å². The fourth-order valence-electron chi connectivity index (χ4n) is 2.84. The molecule has 26 heavy (non-hydrogen) atoms. The lowest BCUT2D eigenvalue weighted by atomic mass is 10.0. The van der Waals surface area contributed by atoms with Crippen molar-refractivity contribution >= 4 is 29.9 Å². The van der Waals surface area contributed by atoms with Gasteiger partial charge in [0, 0.05) is 46.6 Å². The molecular weight excluding hydrogens is 441 g/mol. The number of benzene rings is 1. The highest BCUT2D eigenvalue weighted by atomic mass is 127. The van der Waals surface area contributed by atoms with Crippen LogP contribution in [0, 0.1) is 12.8 Å². The van der Waals surface area contributed by atoms with Crippen molar-refractivity contribution in [3.8, 4) is 0 Å². The molecule has 6 heteroatoms. The van der Waals surface area contributed by atoms with Gasteiger partial charge in [0.15, 0.2) is 5.96 Å². The molecule has 0 saturated carbocycles. The van der Waals surface area contributed by atoms with Crippen LogP contribution in [0.15, 0.2) is 29.3 Å². The molecular formula is C20H34IN3O2. The maximum Gasteiger partial charge on any atom is 0.190 e. The van der Waals surface area contributed by atoms with Crippen LogP contribution in [0.1, 0.15) is 30.4 Å². The van der Waals surface area contributed by atoms with Gasteiger partial charge in [-0.05, 0) is 44.1 Å². The molecule has 0 aliphatic carbocycles. The van der Waals surface area contributed by atoms with Gasteiger partial charge in [0.05, 0.1) is 0 Å². The summed E-state index contributed by atoms with van der Waals surface area (Å²) in [4.78, 5) is 4.26. The zero-order valence-corrected chi connectivity index (χ0v) is 18.5. The zero-order chi connectivity index (χ0) is 17.7. The summed E-state index contributed by atoms with van der Waals surface area (Å²) >= 11 is 0. The largest absolute Gasteiger partial charge is 0.381 e. The van der Waals surface area contributed by atoms with Crippen molar-refractivity contribution < 1.29 is 9.47 Å². The predicted molar refractivity (Wildman–Crippen MR) is 119 cm³/mol. The molecule has 2 N–H and O–H groups in total. The number of aryl methyl sites for hydroxylation is 1. The van der Waals surface area contributed by atoms with Gasteiger partial charge >= 0.3 is 0 Å². The van der Waals surface area contributed by atoms with Crippen molar-refractivity contribution in [3.63, 3.8) is 0 Å². The molecule has 1 fully saturated rings. The molecule has 1 aromatic carbocycles. The Hall–Kier alpha value is -0.860. The van der Waals surface area contributed by atoms with Crippen LogP contribution >= 0.6 is 24.0 Å². The smallest absolute Gasteiger partial charge is 0.190 e. The van der Waals surface area contributed by atoms with E-state index in [1.165, 1.54) is 11.1 Å². The molecule has 148 valence electrons. The number of halogens is 1. The SMILES string of the molecule is CN=C(NCCCOCC1CCOCC1)NCCc1ccc(C)cc1.I. The minimum Gasteiger partial charge on any atom is -0.381 e. The van der Waals surface area contributed by atoms with E-state index in [2.05, 4.69) is 46.8 Å². The molecule has 1 heterocycles. The van der Waals surface area contributed by atoms with Gasteiger partial charge in [-0.15, -0.1) is 24.0 Å². The summed E-state index contributed by atoms with van der Waals surface area (Å²) in [6, 6.07) is 8.68. The summed E-state index contributed by atoms with van der Waals surface area (Å²) in [5.41, 5.74) is 2.64. The van der Waals surface area contributed by atoms with E-state index < -0.39 is 0 Å². The third kappa shape index (κ3) is 9.73. The van der Waals surface area contributed by atoms with Crippen molar-refractivity contribution in [1.82, 2.24) is 10.6 Å². The first-order valence-electron chi connectivity index (χ1n) is 9.43. The van der Waals surface area contributed by atoms with E-state index in [9.17, 15) is 0 Å². The van der Waals surface area contributed by atoms with Gasteiger partial charge in [0.2, 0.25) is 0 Å². The van der Waals surface area contributed by atoms with Gasteiger partial charge in [-0.1, -0.05) is 29.8 Å². The van der Waals surface area contributed by atoms with Crippen molar-refractivity contribution in [2.75, 3.05) is 46.6 Å². The molecule has 1 aliphatic heterocycles. The van der Waals surface area contributed by atoms with Crippen LogP contribution in [0.3, 0.4) is 0 Å². The van der Waals surface area contributed by atoms with E-state index in [0.29, 0.717) is 5.92 Å². The summed E-state index contributed by atoms with van der Waals surface area (Å²) in [7, 11) is 1.81. The number of aliphatic imine (C=N–C) groups is 1. The summed E-state index contributed by atoms with van der Waals surface area (Å²) in [5, 5.41) is 6.70. The Balaban J connectivity index is 0.00000338. The van der Waals surface area contributed by atoms with Crippen molar-refractivity contribution in [2.45, 2.75) is 32.6 Å². The Morgan fingerprint density at radius 2 is 1.85 bits per heavy atom. The predicted octanol–water partition coefficient (Wildman–Crippen LogP) is 3.15. The Labute approximate surface area is 175 Å². The van der Waals surface area contributed by atoms with Crippen LogP contribution in [0.2, 0.25) is 0 Å². The average molecular weight is 475 g/mol. The lowest BCUT2D eigenvalue weighted by Gasteiger charge is -2.21. The molecule has 1 aliphatic rings. The molecule has 0 aromatic heterocycles. The highest BCUT2D eigenvalue weighted by Gasteiger charge is 2.13. The maximum atomic E-state index is 5.78. The Bertz CT molecular complexity index is 502. The molecule has 0 radical (unpaired) electrons. The Morgan fingerprint density at radius 1 is 1.15 bits per heavy atom. The van der Waals surface area contributed by atoms with Gasteiger partial charge < -0.3 is 20.1 Å². The van der Waals surface area contributed by atoms with Gasteiger partial charge in [-0.3, -0.25) is 4.99 Å². The molecule has 1 saturated heterocycles. The van der Waals surface area contributed by atoms with E-state index in [1.807, 2.05) is 7.05 Å². The van der Waals surface area contributed by atoms with Crippen LogP contribution < -0.4 is 10.6 Å². The second-order valence-corrected chi connectivity index (χ2v) is 6.65. The van der Waals surface area contributed by atoms with Crippen molar-refractivity contribution in [1.29, 1.82) is 0 Å². The standard InChI is InChI=1S/C20H33N3O2.HI/c1-17-4-6-18(7-5-17)8-12-23-20(21-2)22-11-3-13-25-16-19-9-14-24-15-10-19;/h4-7,19H,3,8-16H2,1-2H3,(H2,21,22,23);1H. The van der Waals surface area contributed by atoms with E-state index in [0.717, 1.165) is 71.2 Å². The third-order valence-electron chi connectivity index (χ3n) is 4.50. The monoisotopic (exact) mass is 475 g/mol. The van der Waals surface area contributed by atoms with Gasteiger partial charge in [0.25, 0.3) is 0 Å². The van der Waals surface area contributed by atoms with Gasteiger partial charge in [-0.25, -0.2) is 0 Å². The van der Waals surface area contributed by atoms with Crippen LogP contribution in [-0.4, -0.2) is 52.5 Å². The first kappa shape index (κ1) is 23.2. The second kappa shape index (κ2) is 14.2. The number of guanidine groups is 1.